The third kappa shape index (κ3) is 3.11. The van der Waals surface area contributed by atoms with E-state index in [0.29, 0.717) is 5.92 Å². The van der Waals surface area contributed by atoms with E-state index in [1.54, 1.807) is 11.3 Å². The van der Waals surface area contributed by atoms with Gasteiger partial charge >= 0.3 is 0 Å². The molecule has 1 fully saturated rings. The Morgan fingerprint density at radius 3 is 2.88 bits per heavy atom. The van der Waals surface area contributed by atoms with E-state index in [-0.39, 0.29) is 0 Å². The Kier molecular flexibility index (Phi) is 3.94. The molecule has 1 nitrogen and oxygen atoms in total. The molecular formula is C15H24OS. The Balaban J connectivity index is 2.09. The Hall–Kier alpha value is -0.340. The van der Waals surface area contributed by atoms with Gasteiger partial charge in [0.15, 0.2) is 0 Å². The fourth-order valence-electron chi connectivity index (χ4n) is 3.18. The van der Waals surface area contributed by atoms with Crippen LogP contribution in [0.4, 0.5) is 0 Å². The molecule has 1 heterocycles. The van der Waals surface area contributed by atoms with Crippen LogP contribution in [0.1, 0.15) is 56.4 Å². The van der Waals surface area contributed by atoms with E-state index in [0.717, 1.165) is 24.3 Å². The molecule has 1 aromatic rings. The van der Waals surface area contributed by atoms with Gasteiger partial charge in [-0.25, -0.2) is 0 Å². The van der Waals surface area contributed by atoms with Gasteiger partial charge < -0.3 is 5.11 Å². The smallest absolute Gasteiger partial charge is 0.0907 e. The maximum atomic E-state index is 10.8. The minimum Gasteiger partial charge on any atom is -0.385 e. The second-order valence-electron chi connectivity index (χ2n) is 6.07. The zero-order chi connectivity index (χ0) is 12.5. The molecule has 2 heteroatoms. The summed E-state index contributed by atoms with van der Waals surface area (Å²) in [5.74, 6) is 1.44. The highest BCUT2D eigenvalue weighted by atomic mass is 32.1. The molecule has 0 saturated heterocycles. The molecule has 17 heavy (non-hydrogen) atoms. The van der Waals surface area contributed by atoms with Gasteiger partial charge in [0, 0.05) is 4.88 Å². The Labute approximate surface area is 109 Å². The van der Waals surface area contributed by atoms with E-state index < -0.39 is 5.60 Å². The second-order valence-corrected chi connectivity index (χ2v) is 7.18. The normalized spacial score (nSPS) is 29.8. The maximum absolute atomic E-state index is 10.8. The minimum atomic E-state index is -0.539. The van der Waals surface area contributed by atoms with E-state index in [1.165, 1.54) is 24.1 Å². The fourth-order valence-corrected chi connectivity index (χ4v) is 3.98. The lowest BCUT2D eigenvalue weighted by Gasteiger charge is -2.37. The van der Waals surface area contributed by atoms with Gasteiger partial charge in [0.25, 0.3) is 0 Å². The van der Waals surface area contributed by atoms with Crippen LogP contribution in [0.2, 0.25) is 0 Å². The quantitative estimate of drug-likeness (QED) is 0.841. The zero-order valence-electron chi connectivity index (χ0n) is 11.2. The molecule has 1 saturated carbocycles. The number of aryl methyl sites for hydroxylation is 1. The third-order valence-electron chi connectivity index (χ3n) is 3.90. The van der Waals surface area contributed by atoms with Crippen molar-refractivity contribution in [3.63, 3.8) is 0 Å². The van der Waals surface area contributed by atoms with Gasteiger partial charge in [0.05, 0.1) is 5.60 Å². The van der Waals surface area contributed by atoms with Crippen molar-refractivity contribution >= 4 is 11.3 Å². The Morgan fingerprint density at radius 1 is 1.53 bits per heavy atom. The van der Waals surface area contributed by atoms with E-state index in [1.807, 2.05) is 0 Å². The van der Waals surface area contributed by atoms with E-state index in [4.69, 9.17) is 0 Å². The van der Waals surface area contributed by atoms with Gasteiger partial charge in [-0.1, -0.05) is 20.3 Å². The summed E-state index contributed by atoms with van der Waals surface area (Å²) >= 11 is 1.75. The van der Waals surface area contributed by atoms with E-state index in [9.17, 15) is 5.11 Å². The topological polar surface area (TPSA) is 20.2 Å². The molecule has 1 N–H and O–H groups in total. The minimum absolute atomic E-state index is 0.539. The summed E-state index contributed by atoms with van der Waals surface area (Å²) in [7, 11) is 0. The van der Waals surface area contributed by atoms with Gasteiger partial charge in [-0.3, -0.25) is 0 Å². The average Bonchev–Trinajstić information content (AvgIpc) is 2.64. The lowest BCUT2D eigenvalue weighted by Crippen LogP contribution is -2.32. The van der Waals surface area contributed by atoms with Crippen LogP contribution in [0.3, 0.4) is 0 Å². The molecule has 0 bridgehead atoms. The van der Waals surface area contributed by atoms with Crippen LogP contribution >= 0.6 is 11.3 Å². The molecule has 2 atom stereocenters. The maximum Gasteiger partial charge on any atom is 0.0907 e. The van der Waals surface area contributed by atoms with Crippen LogP contribution in [-0.4, -0.2) is 5.11 Å². The zero-order valence-corrected chi connectivity index (χ0v) is 12.0. The summed E-state index contributed by atoms with van der Waals surface area (Å²) in [6.45, 7) is 6.68. The monoisotopic (exact) mass is 252 g/mol. The third-order valence-corrected chi connectivity index (χ3v) is 4.76. The lowest BCUT2D eigenvalue weighted by molar-refractivity contribution is -0.0241. The number of hydrogen-bond donors (Lipinski definition) is 1. The highest BCUT2D eigenvalue weighted by Crippen LogP contribution is 2.43. The van der Waals surface area contributed by atoms with Crippen molar-refractivity contribution in [1.82, 2.24) is 0 Å². The summed E-state index contributed by atoms with van der Waals surface area (Å²) in [6, 6.07) is 2.17. The van der Waals surface area contributed by atoms with Crippen LogP contribution in [0.25, 0.3) is 0 Å². The molecule has 1 aliphatic rings. The van der Waals surface area contributed by atoms with Crippen molar-refractivity contribution in [1.29, 1.82) is 0 Å². The highest BCUT2D eigenvalue weighted by Gasteiger charge is 2.36. The van der Waals surface area contributed by atoms with Crippen LogP contribution in [0.15, 0.2) is 11.4 Å². The molecule has 1 aliphatic carbocycles. The summed E-state index contributed by atoms with van der Waals surface area (Å²) in [5.41, 5.74) is 0.621. The van der Waals surface area contributed by atoms with Gasteiger partial charge in [-0.15, -0.1) is 11.3 Å². The molecule has 0 radical (unpaired) electrons. The molecule has 2 rings (SSSR count). The predicted molar refractivity (Wildman–Crippen MR) is 74.4 cm³/mol. The molecular weight excluding hydrogens is 228 g/mol. The Bertz CT molecular complexity index is 369. The van der Waals surface area contributed by atoms with Crippen LogP contribution in [-0.2, 0) is 5.60 Å². The SMILES string of the molecule is Cc1cc(C2(O)CCCC(CC(C)C)C2)cs1. The molecule has 0 aliphatic heterocycles. The first-order chi connectivity index (χ1) is 7.99. The first-order valence-corrected chi connectivity index (χ1v) is 7.65. The van der Waals surface area contributed by atoms with Crippen LogP contribution in [0.5, 0.6) is 0 Å². The number of aliphatic hydroxyl groups is 1. The molecule has 2 unspecified atom stereocenters. The predicted octanol–water partition coefficient (Wildman–Crippen LogP) is 4.48. The average molecular weight is 252 g/mol. The molecule has 0 spiro atoms. The van der Waals surface area contributed by atoms with Gasteiger partial charge in [-0.2, -0.15) is 0 Å². The number of rotatable bonds is 3. The van der Waals surface area contributed by atoms with Crippen molar-refractivity contribution < 1.29 is 5.11 Å². The largest absolute Gasteiger partial charge is 0.385 e. The Morgan fingerprint density at radius 2 is 2.29 bits per heavy atom. The van der Waals surface area contributed by atoms with Gasteiger partial charge in [0.1, 0.15) is 0 Å². The number of thiophene rings is 1. The fraction of sp³-hybridized carbons (Fsp3) is 0.733. The van der Waals surface area contributed by atoms with Crippen molar-refractivity contribution in [3.8, 4) is 0 Å². The molecule has 0 amide bonds. The number of hydrogen-bond acceptors (Lipinski definition) is 2. The first-order valence-electron chi connectivity index (χ1n) is 6.77. The van der Waals surface area contributed by atoms with Crippen LogP contribution < -0.4 is 0 Å². The highest BCUT2D eigenvalue weighted by molar-refractivity contribution is 7.10. The van der Waals surface area contributed by atoms with E-state index in [2.05, 4.69) is 32.2 Å². The second kappa shape index (κ2) is 5.11. The van der Waals surface area contributed by atoms with Gasteiger partial charge in [0.2, 0.25) is 0 Å². The molecule has 96 valence electrons. The first kappa shape index (κ1) is 13.1. The van der Waals surface area contributed by atoms with Crippen molar-refractivity contribution in [3.05, 3.63) is 21.9 Å². The lowest BCUT2D eigenvalue weighted by atomic mass is 9.73. The summed E-state index contributed by atoms with van der Waals surface area (Å²) < 4.78 is 0. The van der Waals surface area contributed by atoms with Gasteiger partial charge in [-0.05, 0) is 61.5 Å². The summed E-state index contributed by atoms with van der Waals surface area (Å²) in [6.07, 6.45) is 5.62. The molecule has 1 aromatic heterocycles. The van der Waals surface area contributed by atoms with Crippen LogP contribution in [0, 0.1) is 18.8 Å². The molecule has 0 aromatic carbocycles. The summed E-state index contributed by atoms with van der Waals surface area (Å²) in [5, 5.41) is 13.0. The van der Waals surface area contributed by atoms with Crippen molar-refractivity contribution in [2.24, 2.45) is 11.8 Å². The van der Waals surface area contributed by atoms with E-state index >= 15 is 0 Å². The van der Waals surface area contributed by atoms with Crippen molar-refractivity contribution in [2.75, 3.05) is 0 Å². The summed E-state index contributed by atoms with van der Waals surface area (Å²) in [4.78, 5) is 1.31. The van der Waals surface area contributed by atoms with Crippen molar-refractivity contribution in [2.45, 2.75) is 58.5 Å². The standard InChI is InChI=1S/C15H24OS/c1-11(2)7-13-5-4-6-15(16,9-13)14-8-12(3)17-10-14/h8,10-11,13,16H,4-7,9H2,1-3H3.